The van der Waals surface area contributed by atoms with Gasteiger partial charge in [-0.2, -0.15) is 0 Å². The molecule has 22 heavy (non-hydrogen) atoms. The molecule has 0 N–H and O–H groups in total. The summed E-state index contributed by atoms with van der Waals surface area (Å²) in [5, 5.41) is 2.31. The number of thiazole rings is 1. The van der Waals surface area contributed by atoms with E-state index in [4.69, 9.17) is 4.74 Å². The third-order valence-corrected chi connectivity index (χ3v) is 4.54. The molecular weight excluding hydrogens is 300 g/mol. The van der Waals surface area contributed by atoms with Crippen molar-refractivity contribution in [2.75, 3.05) is 0 Å². The number of hydrogen-bond donors (Lipinski definition) is 0. The van der Waals surface area contributed by atoms with E-state index in [1.807, 2.05) is 27.7 Å². The first-order valence-corrected chi connectivity index (χ1v) is 8.60. The van der Waals surface area contributed by atoms with Crippen LogP contribution < -0.4 is 0 Å². The quantitative estimate of drug-likeness (QED) is 0.791. The van der Waals surface area contributed by atoms with Gasteiger partial charge < -0.3 is 9.64 Å². The van der Waals surface area contributed by atoms with Gasteiger partial charge in [-0.3, -0.25) is 4.79 Å². The summed E-state index contributed by atoms with van der Waals surface area (Å²) >= 11 is 1.34. The summed E-state index contributed by atoms with van der Waals surface area (Å²) in [5.41, 5.74) is -0.530. The highest BCUT2D eigenvalue weighted by atomic mass is 32.1. The van der Waals surface area contributed by atoms with Crippen molar-refractivity contribution in [3.63, 3.8) is 0 Å². The third kappa shape index (κ3) is 4.29. The van der Waals surface area contributed by atoms with Gasteiger partial charge in [0, 0.05) is 30.1 Å². The van der Waals surface area contributed by atoms with E-state index in [9.17, 15) is 9.59 Å². The number of hydrogen-bond acceptors (Lipinski definition) is 5. The Morgan fingerprint density at radius 3 is 2.73 bits per heavy atom. The van der Waals surface area contributed by atoms with Crippen LogP contribution in [0.15, 0.2) is 11.6 Å². The predicted octanol–water partition coefficient (Wildman–Crippen LogP) is 3.89. The first kappa shape index (κ1) is 16.9. The molecule has 2 rings (SSSR count). The van der Waals surface area contributed by atoms with E-state index >= 15 is 0 Å². The molecule has 1 aromatic rings. The Balaban J connectivity index is 2.09. The summed E-state index contributed by atoms with van der Waals surface area (Å²) in [4.78, 5) is 30.6. The van der Waals surface area contributed by atoms with Crippen molar-refractivity contribution in [2.24, 2.45) is 0 Å². The Labute approximate surface area is 135 Å². The number of aromatic nitrogens is 1. The topological polar surface area (TPSA) is 59.5 Å². The van der Waals surface area contributed by atoms with Gasteiger partial charge in [0.15, 0.2) is 10.8 Å². The minimum Gasteiger partial charge on any atom is -0.444 e. The van der Waals surface area contributed by atoms with Crippen molar-refractivity contribution >= 4 is 23.2 Å². The van der Waals surface area contributed by atoms with E-state index in [-0.39, 0.29) is 24.0 Å². The molecule has 6 heteroatoms. The molecule has 1 amide bonds. The van der Waals surface area contributed by atoms with Crippen molar-refractivity contribution in [3.05, 3.63) is 16.6 Å². The summed E-state index contributed by atoms with van der Waals surface area (Å²) in [6.07, 6.45) is 4.43. The third-order valence-electron chi connectivity index (χ3n) is 3.72. The maximum atomic E-state index is 12.5. The molecule has 2 heterocycles. The van der Waals surface area contributed by atoms with Crippen LogP contribution in [0.3, 0.4) is 0 Å². The van der Waals surface area contributed by atoms with Crippen LogP contribution in [0.2, 0.25) is 0 Å². The van der Waals surface area contributed by atoms with Crippen molar-refractivity contribution in [1.82, 2.24) is 9.88 Å². The van der Waals surface area contributed by atoms with Crippen LogP contribution in [0.4, 0.5) is 4.79 Å². The molecule has 2 unspecified atom stereocenters. The number of likely N-dealkylation sites (tertiary alicyclic amines) is 1. The zero-order chi connectivity index (χ0) is 16.3. The lowest BCUT2D eigenvalue weighted by Crippen LogP contribution is -2.51. The van der Waals surface area contributed by atoms with Gasteiger partial charge in [0.05, 0.1) is 0 Å². The smallest absolute Gasteiger partial charge is 0.410 e. The number of ether oxygens (including phenoxy) is 1. The lowest BCUT2D eigenvalue weighted by molar-refractivity contribution is -0.00305. The van der Waals surface area contributed by atoms with E-state index < -0.39 is 5.60 Å². The van der Waals surface area contributed by atoms with Crippen molar-refractivity contribution in [1.29, 1.82) is 0 Å². The Morgan fingerprint density at radius 1 is 1.41 bits per heavy atom. The van der Waals surface area contributed by atoms with Crippen LogP contribution >= 0.6 is 11.3 Å². The summed E-state index contributed by atoms with van der Waals surface area (Å²) < 4.78 is 5.51. The average molecular weight is 324 g/mol. The summed E-state index contributed by atoms with van der Waals surface area (Å²) in [6, 6.07) is -0.00676. The Kier molecular flexibility index (Phi) is 5.21. The minimum atomic E-state index is -0.530. The summed E-state index contributed by atoms with van der Waals surface area (Å²) in [5.74, 6) is 0.00246. The molecule has 0 saturated carbocycles. The predicted molar refractivity (Wildman–Crippen MR) is 86.2 cm³/mol. The number of nitrogens with zero attached hydrogens (tertiary/aromatic N) is 2. The lowest BCUT2D eigenvalue weighted by atomic mass is 9.93. The van der Waals surface area contributed by atoms with Gasteiger partial charge in [0.25, 0.3) is 0 Å². The monoisotopic (exact) mass is 324 g/mol. The first-order valence-electron chi connectivity index (χ1n) is 7.72. The second kappa shape index (κ2) is 6.77. The molecule has 2 atom stereocenters. The standard InChI is InChI=1S/C16H24N2O3S/c1-11-6-5-7-12(10-13(19)14-17-8-9-22-14)18(11)15(20)21-16(2,3)4/h8-9,11-12H,5-7,10H2,1-4H3. The fourth-order valence-electron chi connectivity index (χ4n) is 2.79. The van der Waals surface area contributed by atoms with Crippen molar-refractivity contribution < 1.29 is 14.3 Å². The van der Waals surface area contributed by atoms with E-state index in [0.717, 1.165) is 19.3 Å². The van der Waals surface area contributed by atoms with Crippen molar-refractivity contribution in [3.8, 4) is 0 Å². The van der Waals surface area contributed by atoms with Gasteiger partial charge in [0.2, 0.25) is 0 Å². The number of ketones is 1. The lowest BCUT2D eigenvalue weighted by Gasteiger charge is -2.40. The second-order valence-electron chi connectivity index (χ2n) is 6.79. The fraction of sp³-hybridized carbons (Fsp3) is 0.688. The highest BCUT2D eigenvalue weighted by Gasteiger charge is 2.36. The zero-order valence-corrected chi connectivity index (χ0v) is 14.5. The summed E-state index contributed by atoms with van der Waals surface area (Å²) in [7, 11) is 0. The number of amides is 1. The minimum absolute atomic E-state index is 0.00246. The van der Waals surface area contributed by atoms with E-state index in [0.29, 0.717) is 11.4 Å². The number of rotatable bonds is 3. The summed E-state index contributed by atoms with van der Waals surface area (Å²) in [6.45, 7) is 7.59. The molecule has 0 spiro atoms. The Hall–Kier alpha value is -1.43. The van der Waals surface area contributed by atoms with Crippen LogP contribution in [-0.2, 0) is 4.74 Å². The second-order valence-corrected chi connectivity index (χ2v) is 7.68. The molecule has 0 aliphatic carbocycles. The largest absolute Gasteiger partial charge is 0.444 e. The number of Topliss-reactive ketones (excluding diaryl/α,β-unsaturated/α-hetero) is 1. The first-order chi connectivity index (χ1) is 10.3. The van der Waals surface area contributed by atoms with Crippen LogP contribution in [0.5, 0.6) is 0 Å². The molecular formula is C16H24N2O3S. The molecule has 1 fully saturated rings. The molecule has 0 radical (unpaired) electrons. The van der Waals surface area contributed by atoms with Gasteiger partial charge in [-0.25, -0.2) is 9.78 Å². The van der Waals surface area contributed by atoms with Crippen LogP contribution in [0, 0.1) is 0 Å². The van der Waals surface area contributed by atoms with Gasteiger partial charge in [-0.05, 0) is 47.0 Å². The fourth-order valence-corrected chi connectivity index (χ4v) is 3.38. The van der Waals surface area contributed by atoms with Crippen LogP contribution in [0.1, 0.15) is 63.2 Å². The molecule has 0 bridgehead atoms. The number of carbonyl (C=O) groups excluding carboxylic acids is 2. The molecule has 1 aliphatic heterocycles. The number of carbonyl (C=O) groups is 2. The highest BCUT2D eigenvalue weighted by molar-refractivity contribution is 7.11. The van der Waals surface area contributed by atoms with Gasteiger partial charge in [-0.1, -0.05) is 0 Å². The maximum Gasteiger partial charge on any atom is 0.410 e. The van der Waals surface area contributed by atoms with E-state index in [1.165, 1.54) is 11.3 Å². The zero-order valence-electron chi connectivity index (χ0n) is 13.7. The normalized spacial score (nSPS) is 22.5. The molecule has 1 saturated heterocycles. The SMILES string of the molecule is CC1CCCC(CC(=O)c2nccs2)N1C(=O)OC(C)(C)C. The van der Waals surface area contributed by atoms with Crippen molar-refractivity contribution in [2.45, 2.75) is 71.1 Å². The van der Waals surface area contributed by atoms with Crippen LogP contribution in [0.25, 0.3) is 0 Å². The number of piperidine rings is 1. The average Bonchev–Trinajstić information content (AvgIpc) is 2.90. The Bertz CT molecular complexity index is 522. The van der Waals surface area contributed by atoms with Crippen LogP contribution in [-0.4, -0.2) is 39.4 Å². The molecule has 122 valence electrons. The molecule has 5 nitrogen and oxygen atoms in total. The van der Waals surface area contributed by atoms with Gasteiger partial charge in [0.1, 0.15) is 5.60 Å². The highest BCUT2D eigenvalue weighted by Crippen LogP contribution is 2.28. The van der Waals surface area contributed by atoms with Gasteiger partial charge >= 0.3 is 6.09 Å². The molecule has 1 aliphatic rings. The van der Waals surface area contributed by atoms with Gasteiger partial charge in [-0.15, -0.1) is 11.3 Å². The van der Waals surface area contributed by atoms with E-state index in [2.05, 4.69) is 4.98 Å². The molecule has 0 aromatic carbocycles. The van der Waals surface area contributed by atoms with E-state index in [1.54, 1.807) is 16.5 Å². The molecule has 1 aromatic heterocycles. The maximum absolute atomic E-state index is 12.5. The Morgan fingerprint density at radius 2 is 2.14 bits per heavy atom.